The van der Waals surface area contributed by atoms with Crippen LogP contribution in [-0.4, -0.2) is 29.3 Å². The second-order valence-electron chi connectivity index (χ2n) is 16.9. The Morgan fingerprint density at radius 3 is 2.26 bits per heavy atom. The highest BCUT2D eigenvalue weighted by Gasteiger charge is 2.67. The standard InChI is InChI=1S/C36H54O6S/c1-22-9-8-16-32(2,3)24(22)12-17-35(6)28-13-18-34(5)27(33(28,4)20-15-30(35)38)14-19-36(7)29(34)21-23-26(42-43(39,40)41)11-10-25(37)31(23)36/h9-11,24,27-30,37-38H,8,12-21H2,1-7H3,(H,39,40,41)/p-1/t24-,27-,28-,29+,30+,33-,34-,35+,36+/m1/s1. The summed E-state index contributed by atoms with van der Waals surface area (Å²) in [5.41, 5.74) is 2.87. The minimum Gasteiger partial charge on any atom is -0.716 e. The number of aromatic hydroxyl groups is 1. The van der Waals surface area contributed by atoms with E-state index in [0.29, 0.717) is 29.7 Å². The number of phenols is 1. The number of hydrogen-bond acceptors (Lipinski definition) is 6. The molecule has 0 aliphatic heterocycles. The molecular weight excluding hydrogens is 560 g/mol. The molecule has 6 nitrogen and oxygen atoms in total. The van der Waals surface area contributed by atoms with Crippen LogP contribution in [0, 0.1) is 45.3 Å². The van der Waals surface area contributed by atoms with Crippen LogP contribution in [0.3, 0.4) is 0 Å². The van der Waals surface area contributed by atoms with Gasteiger partial charge in [0.15, 0.2) is 0 Å². The molecule has 2 N–H and O–H groups in total. The van der Waals surface area contributed by atoms with Gasteiger partial charge in [-0.15, -0.1) is 0 Å². The van der Waals surface area contributed by atoms with Crippen LogP contribution < -0.4 is 4.18 Å². The van der Waals surface area contributed by atoms with E-state index in [9.17, 15) is 23.2 Å². The Hall–Kier alpha value is -1.57. The van der Waals surface area contributed by atoms with Gasteiger partial charge in [0.05, 0.1) is 6.10 Å². The molecule has 43 heavy (non-hydrogen) atoms. The summed E-state index contributed by atoms with van der Waals surface area (Å²) in [4.78, 5) is 0. The lowest BCUT2D eigenvalue weighted by Gasteiger charge is -2.68. The van der Waals surface area contributed by atoms with Gasteiger partial charge in [-0.1, -0.05) is 53.2 Å². The van der Waals surface area contributed by atoms with Crippen molar-refractivity contribution < 1.29 is 27.4 Å². The molecule has 0 saturated heterocycles. The van der Waals surface area contributed by atoms with Crippen LogP contribution in [0.2, 0.25) is 0 Å². The molecule has 3 fully saturated rings. The van der Waals surface area contributed by atoms with Gasteiger partial charge in [0.1, 0.15) is 11.5 Å². The second kappa shape index (κ2) is 9.96. The number of rotatable bonds is 5. The lowest BCUT2D eigenvalue weighted by Crippen LogP contribution is -2.63. The molecule has 0 bridgehead atoms. The maximum absolute atomic E-state index is 11.7. The van der Waals surface area contributed by atoms with Gasteiger partial charge in [-0.3, -0.25) is 0 Å². The zero-order valence-corrected chi connectivity index (χ0v) is 28.1. The zero-order chi connectivity index (χ0) is 31.4. The first-order chi connectivity index (χ1) is 19.9. The fourth-order valence-corrected chi connectivity index (χ4v) is 12.8. The van der Waals surface area contributed by atoms with Gasteiger partial charge >= 0.3 is 0 Å². The molecule has 0 amide bonds. The van der Waals surface area contributed by atoms with E-state index in [1.165, 1.54) is 24.1 Å². The van der Waals surface area contributed by atoms with E-state index in [1.54, 1.807) is 0 Å². The normalized spacial score (nSPS) is 43.6. The first-order valence-electron chi connectivity index (χ1n) is 16.7. The van der Waals surface area contributed by atoms with Crippen molar-refractivity contribution in [1.82, 2.24) is 0 Å². The first-order valence-corrected chi connectivity index (χ1v) is 18.1. The first kappa shape index (κ1) is 31.4. The van der Waals surface area contributed by atoms with E-state index >= 15 is 0 Å². The van der Waals surface area contributed by atoms with Crippen LogP contribution in [0.5, 0.6) is 11.5 Å². The number of phenolic OH excluding ortho intramolecular Hbond substituents is 1. The average molecular weight is 614 g/mol. The summed E-state index contributed by atoms with van der Waals surface area (Å²) in [6.45, 7) is 16.7. The van der Waals surface area contributed by atoms with Crippen LogP contribution in [0.4, 0.5) is 0 Å². The predicted octanol–water partition coefficient (Wildman–Crippen LogP) is 7.82. The Kier molecular flexibility index (Phi) is 7.28. The number of hydrogen-bond donors (Lipinski definition) is 2. The third kappa shape index (κ3) is 4.64. The minimum atomic E-state index is -4.93. The van der Waals surface area contributed by atoms with Gasteiger partial charge in [0.2, 0.25) is 0 Å². The van der Waals surface area contributed by atoms with E-state index in [1.807, 2.05) is 0 Å². The highest BCUT2D eigenvalue weighted by atomic mass is 32.3. The predicted molar refractivity (Wildman–Crippen MR) is 167 cm³/mol. The third-order valence-electron chi connectivity index (χ3n) is 14.5. The van der Waals surface area contributed by atoms with Crippen LogP contribution in [-0.2, 0) is 22.2 Å². The molecule has 0 unspecified atom stereocenters. The Labute approximate surface area is 259 Å². The summed E-state index contributed by atoms with van der Waals surface area (Å²) in [5.74, 6) is 1.89. The van der Waals surface area contributed by atoms with Gasteiger partial charge in [0, 0.05) is 16.5 Å². The number of allylic oxidation sites excluding steroid dienone is 2. The summed E-state index contributed by atoms with van der Waals surface area (Å²) >= 11 is 0. The van der Waals surface area contributed by atoms with Crippen LogP contribution >= 0.6 is 0 Å². The van der Waals surface area contributed by atoms with E-state index in [-0.39, 0.29) is 50.6 Å². The van der Waals surface area contributed by atoms with Crippen molar-refractivity contribution in [2.45, 2.75) is 131 Å². The monoisotopic (exact) mass is 613 g/mol. The molecule has 0 spiro atoms. The maximum Gasteiger partial charge on any atom is 0.262 e. The fourth-order valence-electron chi connectivity index (χ4n) is 12.4. The highest BCUT2D eigenvalue weighted by molar-refractivity contribution is 7.81. The van der Waals surface area contributed by atoms with Crippen molar-refractivity contribution in [1.29, 1.82) is 0 Å². The SMILES string of the molecule is CC1=CCCC(C)(C)[C@@H]1CC[C@@]1(C)[C@@H]2CC[C@]3(C)[C@H](CC[C@]4(C)c5c(O)ccc(OS(=O)(=O)[O-])c5C[C@@H]34)[C@@]2(C)CC[C@@H]1O. The molecule has 0 heterocycles. The molecule has 5 aliphatic carbocycles. The van der Waals surface area contributed by atoms with E-state index < -0.39 is 10.4 Å². The Morgan fingerprint density at radius 1 is 0.930 bits per heavy atom. The molecule has 3 saturated carbocycles. The quantitative estimate of drug-likeness (QED) is 0.199. The summed E-state index contributed by atoms with van der Waals surface area (Å²) in [6, 6.07) is 2.92. The van der Waals surface area contributed by atoms with Crippen LogP contribution in [0.25, 0.3) is 0 Å². The van der Waals surface area contributed by atoms with Gasteiger partial charge in [-0.25, -0.2) is 8.42 Å². The molecule has 9 atom stereocenters. The molecule has 1 aromatic rings. The van der Waals surface area contributed by atoms with Crippen molar-refractivity contribution in [2.24, 2.45) is 45.3 Å². The third-order valence-corrected chi connectivity index (χ3v) is 14.9. The van der Waals surface area contributed by atoms with Crippen LogP contribution in [0.1, 0.15) is 124 Å². The van der Waals surface area contributed by atoms with Crippen molar-refractivity contribution in [3.63, 3.8) is 0 Å². The van der Waals surface area contributed by atoms with Crippen molar-refractivity contribution in [3.05, 3.63) is 34.9 Å². The summed E-state index contributed by atoms with van der Waals surface area (Å²) < 4.78 is 39.7. The summed E-state index contributed by atoms with van der Waals surface area (Å²) in [7, 11) is -4.93. The van der Waals surface area contributed by atoms with Crippen molar-refractivity contribution >= 4 is 10.4 Å². The highest BCUT2D eigenvalue weighted by Crippen LogP contribution is 2.74. The topological polar surface area (TPSA) is 107 Å². The Bertz CT molecular complexity index is 1430. The second-order valence-corrected chi connectivity index (χ2v) is 17.9. The lowest BCUT2D eigenvalue weighted by atomic mass is 9.36. The summed E-state index contributed by atoms with van der Waals surface area (Å²) in [5, 5.41) is 22.8. The van der Waals surface area contributed by atoms with Gasteiger partial charge in [-0.2, -0.15) is 0 Å². The number of benzene rings is 1. The fraction of sp³-hybridized carbons (Fsp3) is 0.778. The Balaban J connectivity index is 1.32. The lowest BCUT2D eigenvalue weighted by molar-refractivity contribution is -0.208. The Morgan fingerprint density at radius 2 is 1.58 bits per heavy atom. The van der Waals surface area contributed by atoms with Crippen molar-refractivity contribution in [3.8, 4) is 11.5 Å². The molecule has 0 radical (unpaired) electrons. The van der Waals surface area contributed by atoms with Gasteiger partial charge in [0.25, 0.3) is 10.4 Å². The number of aliphatic hydroxyl groups excluding tert-OH is 1. The van der Waals surface area contributed by atoms with Gasteiger partial charge in [-0.05, 0) is 135 Å². The molecule has 6 rings (SSSR count). The molecular formula is C36H53O6S-. The van der Waals surface area contributed by atoms with Gasteiger partial charge < -0.3 is 18.9 Å². The zero-order valence-electron chi connectivity index (χ0n) is 27.3. The number of fused-ring (bicyclic) bond motifs is 7. The molecule has 7 heteroatoms. The van der Waals surface area contributed by atoms with E-state index in [0.717, 1.165) is 63.4 Å². The number of aliphatic hydroxyl groups is 1. The molecule has 240 valence electrons. The maximum atomic E-state index is 11.7. The smallest absolute Gasteiger partial charge is 0.262 e. The summed E-state index contributed by atoms with van der Waals surface area (Å²) in [6.07, 6.45) is 13.2. The van der Waals surface area contributed by atoms with E-state index in [2.05, 4.69) is 54.5 Å². The molecule has 1 aromatic carbocycles. The minimum absolute atomic E-state index is 0.0226. The van der Waals surface area contributed by atoms with Crippen LogP contribution in [0.15, 0.2) is 23.8 Å². The molecule has 5 aliphatic rings. The van der Waals surface area contributed by atoms with Crippen molar-refractivity contribution in [2.75, 3.05) is 0 Å². The largest absolute Gasteiger partial charge is 0.716 e. The molecule has 0 aromatic heterocycles. The van der Waals surface area contributed by atoms with E-state index in [4.69, 9.17) is 4.18 Å². The average Bonchev–Trinajstić information content (AvgIpc) is 3.22.